The van der Waals surface area contributed by atoms with Gasteiger partial charge in [0.2, 0.25) is 0 Å². The molecule has 27 heteroatoms. The van der Waals surface area contributed by atoms with Crippen molar-refractivity contribution in [2.75, 3.05) is 33.0 Å². The third-order valence-electron chi connectivity index (χ3n) is 10.1. The Morgan fingerprint density at radius 1 is 0.263 bits per heavy atom. The molecule has 25 atom stereocenters. The van der Waals surface area contributed by atoms with Crippen LogP contribution in [0.4, 0.5) is 0 Å². The molecule has 0 aromatic heterocycles. The Bertz CT molecular complexity index is 1180. The van der Waals surface area contributed by atoms with E-state index < -0.39 is 187 Å². The van der Waals surface area contributed by atoms with E-state index in [0.717, 1.165) is 0 Å². The molecule has 57 heavy (non-hydrogen) atoms. The van der Waals surface area contributed by atoms with Crippen molar-refractivity contribution in [2.24, 2.45) is 0 Å². The van der Waals surface area contributed by atoms with Crippen LogP contribution in [0.15, 0.2) is 0 Å². The van der Waals surface area contributed by atoms with Crippen LogP contribution >= 0.6 is 0 Å². The molecular formula is C30H54O27. The second-order valence-electron chi connectivity index (χ2n) is 13.9. The van der Waals surface area contributed by atoms with Crippen LogP contribution in [-0.4, -0.2) is 284 Å². The second kappa shape index (κ2) is 21.1. The van der Waals surface area contributed by atoms with Crippen molar-refractivity contribution in [3.8, 4) is 0 Å². The third kappa shape index (κ3) is 10.5. The molecule has 5 rings (SSSR count). The van der Waals surface area contributed by atoms with Crippen LogP contribution in [-0.2, 0) is 37.9 Å². The zero-order valence-corrected chi connectivity index (χ0v) is 29.7. The number of aliphatic hydroxyl groups excluding tert-OH is 19. The highest BCUT2D eigenvalue weighted by molar-refractivity contribution is 4.98. The lowest BCUT2D eigenvalue weighted by Crippen LogP contribution is -2.67. The standard InChI is InChI=1S/C24H42O21.C6H12O6/c25-1-5-9(29)10(30)15(35)22(40-5)44-19-7(3-27)42-24(17(37)12(19)32)45-20-8(4-28)41-23(16(36)13(20)33)43-18-6(2-26)39-21(38)14(34)11(18)31;7-1-2-3(8)4(9)5(10)6(11)12-2/h5-38H,1-4H2;2-11H,1H2/t5?,6?,7?,8?,9-,10+,11-,12-,13-,14?,15?,16?,17?,18-,19-,20-,21?,22+,23+,24+;2?,3-,4+,5?,6-/m11/s1. The van der Waals surface area contributed by atoms with E-state index >= 15 is 0 Å². The monoisotopic (exact) mass is 846 g/mol. The Morgan fingerprint density at radius 3 is 0.877 bits per heavy atom. The van der Waals surface area contributed by atoms with E-state index in [1.165, 1.54) is 0 Å². The summed E-state index contributed by atoms with van der Waals surface area (Å²) in [7, 11) is 0. The van der Waals surface area contributed by atoms with Crippen molar-refractivity contribution < 1.29 is 135 Å². The van der Waals surface area contributed by atoms with Gasteiger partial charge >= 0.3 is 0 Å². The maximum Gasteiger partial charge on any atom is 0.187 e. The second-order valence-corrected chi connectivity index (χ2v) is 13.9. The Labute approximate surface area is 321 Å². The summed E-state index contributed by atoms with van der Waals surface area (Å²) in [6.45, 7) is -3.91. The molecule has 0 aromatic rings. The molecule has 0 aromatic carbocycles. The lowest BCUT2D eigenvalue weighted by molar-refractivity contribution is -0.387. The fourth-order valence-electron chi connectivity index (χ4n) is 6.63. The zero-order chi connectivity index (χ0) is 42.6. The average Bonchev–Trinajstić information content (AvgIpc) is 3.20. The minimum absolute atomic E-state index is 0.526. The Kier molecular flexibility index (Phi) is 18.0. The molecular weight excluding hydrogens is 792 g/mol. The summed E-state index contributed by atoms with van der Waals surface area (Å²) < 4.78 is 42.3. The molecule has 0 amide bonds. The van der Waals surface area contributed by atoms with Crippen LogP contribution in [0, 0.1) is 0 Å². The lowest BCUT2D eigenvalue weighted by Gasteiger charge is -2.49. The van der Waals surface area contributed by atoms with Gasteiger partial charge in [-0.2, -0.15) is 0 Å². The number of hydrogen-bond donors (Lipinski definition) is 19. The minimum atomic E-state index is -2.02. The van der Waals surface area contributed by atoms with Crippen LogP contribution in [0.1, 0.15) is 0 Å². The van der Waals surface area contributed by atoms with Crippen molar-refractivity contribution in [3.05, 3.63) is 0 Å². The van der Waals surface area contributed by atoms with Crippen LogP contribution in [0.5, 0.6) is 0 Å². The molecule has 0 radical (unpaired) electrons. The summed E-state index contributed by atoms with van der Waals surface area (Å²) in [6, 6.07) is 0. The smallest absolute Gasteiger partial charge is 0.187 e. The van der Waals surface area contributed by atoms with E-state index in [1.54, 1.807) is 0 Å². The minimum Gasteiger partial charge on any atom is -0.394 e. The number of ether oxygens (including phenoxy) is 8. The van der Waals surface area contributed by atoms with Gasteiger partial charge in [0.05, 0.1) is 33.0 Å². The fourth-order valence-corrected chi connectivity index (χ4v) is 6.63. The van der Waals surface area contributed by atoms with Crippen LogP contribution in [0.2, 0.25) is 0 Å². The first-order chi connectivity index (χ1) is 26.9. The fraction of sp³-hybridized carbons (Fsp3) is 1.00. The van der Waals surface area contributed by atoms with E-state index in [4.69, 9.17) is 58.7 Å². The van der Waals surface area contributed by atoms with Gasteiger partial charge in [-0.05, 0) is 0 Å². The number of aliphatic hydroxyl groups is 19. The lowest BCUT2D eigenvalue weighted by atomic mass is 9.95. The summed E-state index contributed by atoms with van der Waals surface area (Å²) in [5, 5.41) is 187. The first-order valence-corrected chi connectivity index (χ1v) is 17.7. The zero-order valence-electron chi connectivity index (χ0n) is 29.7. The van der Waals surface area contributed by atoms with Crippen LogP contribution in [0.3, 0.4) is 0 Å². The van der Waals surface area contributed by atoms with Crippen LogP contribution in [0.25, 0.3) is 0 Å². The van der Waals surface area contributed by atoms with E-state index in [0.29, 0.717) is 0 Å². The Hall–Kier alpha value is -1.08. The van der Waals surface area contributed by atoms with E-state index in [-0.39, 0.29) is 0 Å². The molecule has 5 fully saturated rings. The van der Waals surface area contributed by atoms with Crippen LogP contribution < -0.4 is 0 Å². The molecule has 5 saturated heterocycles. The summed E-state index contributed by atoms with van der Waals surface area (Å²) in [4.78, 5) is 0. The van der Waals surface area contributed by atoms with Crippen molar-refractivity contribution in [3.63, 3.8) is 0 Å². The van der Waals surface area contributed by atoms with Gasteiger partial charge in [0.1, 0.15) is 122 Å². The highest BCUT2D eigenvalue weighted by Gasteiger charge is 2.55. The highest BCUT2D eigenvalue weighted by atomic mass is 16.8. The summed E-state index contributed by atoms with van der Waals surface area (Å²) >= 11 is 0. The van der Waals surface area contributed by atoms with Gasteiger partial charge in [0.25, 0.3) is 0 Å². The summed E-state index contributed by atoms with van der Waals surface area (Å²) in [5.41, 5.74) is 0. The van der Waals surface area contributed by atoms with Gasteiger partial charge in [-0.3, -0.25) is 0 Å². The molecule has 0 saturated carbocycles. The SMILES string of the molecule is OCC1O[C@@H](O)C(O)[C@@H](O)[C@@H]1O.OCC1O[C@@H](O[C@@H]2C(CO)O[C@@H](O[C@@H]3C(CO)O[C@@H](O[C@@H]4C(CO)OC(O)C(O)[C@H]4O)C(O)[C@H]3O)C(O)[C@H]2O)C(O)[C@@H](O)[C@@H]1O. The van der Waals surface area contributed by atoms with Gasteiger partial charge in [-0.1, -0.05) is 0 Å². The van der Waals surface area contributed by atoms with E-state index in [2.05, 4.69) is 4.74 Å². The van der Waals surface area contributed by atoms with E-state index in [1.807, 2.05) is 0 Å². The quantitative estimate of drug-likeness (QED) is 0.0918. The van der Waals surface area contributed by atoms with Gasteiger partial charge in [-0.25, -0.2) is 0 Å². The molecule has 5 aliphatic rings. The largest absolute Gasteiger partial charge is 0.394 e. The van der Waals surface area contributed by atoms with Gasteiger partial charge in [0, 0.05) is 0 Å². The maximum absolute atomic E-state index is 10.9. The Balaban J connectivity index is 0.000000512. The average molecular weight is 847 g/mol. The summed E-state index contributed by atoms with van der Waals surface area (Å²) in [5.74, 6) is 0. The van der Waals surface area contributed by atoms with Gasteiger partial charge in [0.15, 0.2) is 31.5 Å². The molecule has 5 aliphatic heterocycles. The van der Waals surface area contributed by atoms with Crippen molar-refractivity contribution in [1.29, 1.82) is 0 Å². The predicted molar refractivity (Wildman–Crippen MR) is 170 cm³/mol. The molecule has 0 spiro atoms. The maximum atomic E-state index is 10.9. The van der Waals surface area contributed by atoms with Gasteiger partial charge < -0.3 is 135 Å². The van der Waals surface area contributed by atoms with Gasteiger partial charge in [-0.15, -0.1) is 0 Å². The van der Waals surface area contributed by atoms with Crippen molar-refractivity contribution >= 4 is 0 Å². The first-order valence-electron chi connectivity index (χ1n) is 17.7. The predicted octanol–water partition coefficient (Wildman–Crippen LogP) is -13.0. The normalized spacial score (nSPS) is 52.2. The molecule has 0 aliphatic carbocycles. The molecule has 336 valence electrons. The third-order valence-corrected chi connectivity index (χ3v) is 10.1. The van der Waals surface area contributed by atoms with Crippen molar-refractivity contribution in [1.82, 2.24) is 0 Å². The highest BCUT2D eigenvalue weighted by Crippen LogP contribution is 2.34. The topological polar surface area (TPSA) is 458 Å². The molecule has 5 heterocycles. The Morgan fingerprint density at radius 2 is 0.509 bits per heavy atom. The molecule has 27 nitrogen and oxygen atoms in total. The molecule has 19 N–H and O–H groups in total. The first kappa shape index (κ1) is 48.6. The number of hydrogen-bond acceptors (Lipinski definition) is 27. The molecule has 11 unspecified atom stereocenters. The molecule has 0 bridgehead atoms. The summed E-state index contributed by atoms with van der Waals surface area (Å²) in [6.07, 6.45) is -42.3. The van der Waals surface area contributed by atoms with E-state index in [9.17, 15) is 71.5 Å². The van der Waals surface area contributed by atoms with Crippen molar-refractivity contribution in [2.45, 2.75) is 154 Å². The number of rotatable bonds is 11.